The average Bonchev–Trinajstić information content (AvgIpc) is 2.73. The number of rotatable bonds is 3. The van der Waals surface area contributed by atoms with Crippen molar-refractivity contribution in [3.8, 4) is 17.2 Å². The van der Waals surface area contributed by atoms with Gasteiger partial charge in [-0.05, 0) is 6.07 Å². The monoisotopic (exact) mass is 265 g/mol. The standard InChI is InChI=1S/C13H15NO5/c1-7(15)14-6-9-8(13(14)16)5-10(17-2)12(19-4)11(9)18-3/h5H,6H2,1-4H3. The number of imide groups is 1. The molecule has 0 aliphatic carbocycles. The van der Waals surface area contributed by atoms with E-state index >= 15 is 0 Å². The van der Waals surface area contributed by atoms with Crippen LogP contribution in [-0.4, -0.2) is 38.0 Å². The molecular formula is C13H15NO5. The fourth-order valence-electron chi connectivity index (χ4n) is 2.19. The molecule has 2 amide bonds. The number of ether oxygens (including phenoxy) is 3. The van der Waals surface area contributed by atoms with Gasteiger partial charge in [-0.1, -0.05) is 0 Å². The first-order valence-corrected chi connectivity index (χ1v) is 5.69. The molecule has 1 heterocycles. The average molecular weight is 265 g/mol. The zero-order valence-corrected chi connectivity index (χ0v) is 11.3. The molecule has 0 radical (unpaired) electrons. The maximum atomic E-state index is 12.1. The van der Waals surface area contributed by atoms with Crippen molar-refractivity contribution in [2.24, 2.45) is 0 Å². The number of nitrogens with zero attached hydrogens (tertiary/aromatic N) is 1. The van der Waals surface area contributed by atoms with Gasteiger partial charge < -0.3 is 14.2 Å². The summed E-state index contributed by atoms with van der Waals surface area (Å²) in [7, 11) is 4.45. The van der Waals surface area contributed by atoms with E-state index in [0.29, 0.717) is 28.4 Å². The Hall–Kier alpha value is -2.24. The van der Waals surface area contributed by atoms with Crippen molar-refractivity contribution in [1.82, 2.24) is 4.90 Å². The van der Waals surface area contributed by atoms with Gasteiger partial charge in [0, 0.05) is 12.5 Å². The van der Waals surface area contributed by atoms with Gasteiger partial charge in [-0.25, -0.2) is 0 Å². The van der Waals surface area contributed by atoms with Crippen LogP contribution in [0, 0.1) is 0 Å². The minimum absolute atomic E-state index is 0.188. The van der Waals surface area contributed by atoms with Crippen molar-refractivity contribution in [1.29, 1.82) is 0 Å². The normalized spacial score (nSPS) is 13.3. The number of methoxy groups -OCH3 is 3. The molecule has 0 saturated carbocycles. The predicted molar refractivity (Wildman–Crippen MR) is 66.7 cm³/mol. The van der Waals surface area contributed by atoms with E-state index in [9.17, 15) is 9.59 Å². The van der Waals surface area contributed by atoms with Crippen molar-refractivity contribution < 1.29 is 23.8 Å². The lowest BCUT2D eigenvalue weighted by Crippen LogP contribution is -2.28. The molecule has 0 N–H and O–H groups in total. The maximum Gasteiger partial charge on any atom is 0.261 e. The summed E-state index contributed by atoms with van der Waals surface area (Å²) in [5.41, 5.74) is 1.05. The second kappa shape index (κ2) is 4.79. The van der Waals surface area contributed by atoms with E-state index < -0.39 is 0 Å². The van der Waals surface area contributed by atoms with Gasteiger partial charge in [0.05, 0.1) is 33.4 Å². The van der Waals surface area contributed by atoms with Gasteiger partial charge in [-0.2, -0.15) is 0 Å². The van der Waals surface area contributed by atoms with Crippen LogP contribution in [0.15, 0.2) is 6.07 Å². The Morgan fingerprint density at radius 2 is 1.79 bits per heavy atom. The lowest BCUT2D eigenvalue weighted by molar-refractivity contribution is -0.126. The second-order valence-electron chi connectivity index (χ2n) is 4.08. The molecule has 1 aliphatic rings. The SMILES string of the molecule is COc1cc2c(c(OC)c1OC)CN(C(C)=O)C2=O. The number of carbonyl (C=O) groups is 2. The van der Waals surface area contributed by atoms with E-state index in [0.717, 1.165) is 4.90 Å². The third kappa shape index (κ3) is 1.89. The third-order valence-electron chi connectivity index (χ3n) is 3.10. The molecule has 102 valence electrons. The molecular weight excluding hydrogens is 250 g/mol. The first kappa shape index (κ1) is 13.2. The number of hydrogen-bond acceptors (Lipinski definition) is 5. The van der Waals surface area contributed by atoms with Crippen molar-refractivity contribution in [2.45, 2.75) is 13.5 Å². The predicted octanol–water partition coefficient (Wildman–Crippen LogP) is 1.21. The lowest BCUT2D eigenvalue weighted by atomic mass is 10.1. The first-order chi connectivity index (χ1) is 9.04. The van der Waals surface area contributed by atoms with E-state index in [1.165, 1.54) is 28.3 Å². The van der Waals surface area contributed by atoms with Gasteiger partial charge in [-0.15, -0.1) is 0 Å². The highest BCUT2D eigenvalue weighted by atomic mass is 16.5. The van der Waals surface area contributed by atoms with Crippen molar-refractivity contribution in [3.63, 3.8) is 0 Å². The highest BCUT2D eigenvalue weighted by Gasteiger charge is 2.35. The summed E-state index contributed by atoms with van der Waals surface area (Å²) in [5.74, 6) is 0.593. The summed E-state index contributed by atoms with van der Waals surface area (Å²) < 4.78 is 15.7. The largest absolute Gasteiger partial charge is 0.493 e. The number of hydrogen-bond donors (Lipinski definition) is 0. The van der Waals surface area contributed by atoms with E-state index in [1.54, 1.807) is 6.07 Å². The van der Waals surface area contributed by atoms with Gasteiger partial charge in [-0.3, -0.25) is 14.5 Å². The number of amides is 2. The van der Waals surface area contributed by atoms with Crippen molar-refractivity contribution >= 4 is 11.8 Å². The molecule has 0 bridgehead atoms. The molecule has 19 heavy (non-hydrogen) atoms. The van der Waals surface area contributed by atoms with Crippen LogP contribution in [0.25, 0.3) is 0 Å². The van der Waals surface area contributed by atoms with Gasteiger partial charge in [0.2, 0.25) is 11.7 Å². The minimum Gasteiger partial charge on any atom is -0.493 e. The molecule has 1 aromatic rings. The summed E-state index contributed by atoms with van der Waals surface area (Å²) in [4.78, 5) is 24.7. The Morgan fingerprint density at radius 1 is 1.16 bits per heavy atom. The quantitative estimate of drug-likeness (QED) is 0.822. The fourth-order valence-corrected chi connectivity index (χ4v) is 2.19. The Morgan fingerprint density at radius 3 is 2.26 bits per heavy atom. The topological polar surface area (TPSA) is 65.1 Å². The highest BCUT2D eigenvalue weighted by molar-refractivity contribution is 6.08. The zero-order chi connectivity index (χ0) is 14.2. The van der Waals surface area contributed by atoms with E-state index in [4.69, 9.17) is 14.2 Å². The van der Waals surface area contributed by atoms with Crippen LogP contribution in [0.4, 0.5) is 0 Å². The molecule has 0 atom stereocenters. The van der Waals surface area contributed by atoms with E-state index in [2.05, 4.69) is 0 Å². The third-order valence-corrected chi connectivity index (χ3v) is 3.10. The molecule has 6 heteroatoms. The number of benzene rings is 1. The summed E-state index contributed by atoms with van der Waals surface area (Å²) >= 11 is 0. The molecule has 6 nitrogen and oxygen atoms in total. The fraction of sp³-hybridized carbons (Fsp3) is 0.385. The van der Waals surface area contributed by atoms with Crippen LogP contribution in [0.3, 0.4) is 0 Å². The summed E-state index contributed by atoms with van der Waals surface area (Å²) in [6.45, 7) is 1.54. The molecule has 2 rings (SSSR count). The smallest absolute Gasteiger partial charge is 0.261 e. The molecule has 0 spiro atoms. The molecule has 0 fully saturated rings. The Kier molecular flexibility index (Phi) is 3.33. The van der Waals surface area contributed by atoms with Crippen LogP contribution in [0.5, 0.6) is 17.2 Å². The Bertz CT molecular complexity index is 552. The molecule has 0 unspecified atom stereocenters. The molecule has 1 aliphatic heterocycles. The maximum absolute atomic E-state index is 12.1. The Labute approximate surface area is 110 Å². The van der Waals surface area contributed by atoms with Crippen LogP contribution < -0.4 is 14.2 Å². The van der Waals surface area contributed by atoms with Crippen molar-refractivity contribution in [3.05, 3.63) is 17.2 Å². The first-order valence-electron chi connectivity index (χ1n) is 5.69. The van der Waals surface area contributed by atoms with Gasteiger partial charge in [0.25, 0.3) is 5.91 Å². The van der Waals surface area contributed by atoms with Crippen LogP contribution in [0.2, 0.25) is 0 Å². The molecule has 0 saturated heterocycles. The summed E-state index contributed by atoms with van der Waals surface area (Å²) in [6, 6.07) is 1.57. The highest BCUT2D eigenvalue weighted by Crippen LogP contribution is 2.44. The summed E-state index contributed by atoms with van der Waals surface area (Å²) in [5, 5.41) is 0. The van der Waals surface area contributed by atoms with Crippen molar-refractivity contribution in [2.75, 3.05) is 21.3 Å². The van der Waals surface area contributed by atoms with Gasteiger partial charge in [0.1, 0.15) is 0 Å². The number of fused-ring (bicyclic) bond motifs is 1. The van der Waals surface area contributed by atoms with Gasteiger partial charge in [0.15, 0.2) is 11.5 Å². The van der Waals surface area contributed by atoms with Crippen LogP contribution in [-0.2, 0) is 11.3 Å². The molecule has 1 aromatic carbocycles. The van der Waals surface area contributed by atoms with E-state index in [1.807, 2.05) is 0 Å². The van der Waals surface area contributed by atoms with Crippen LogP contribution in [0.1, 0.15) is 22.8 Å². The summed E-state index contributed by atoms with van der Waals surface area (Å²) in [6.07, 6.45) is 0. The lowest BCUT2D eigenvalue weighted by Gasteiger charge is -2.14. The van der Waals surface area contributed by atoms with E-state index in [-0.39, 0.29) is 18.4 Å². The van der Waals surface area contributed by atoms with Gasteiger partial charge >= 0.3 is 0 Å². The number of carbonyl (C=O) groups excluding carboxylic acids is 2. The Balaban J connectivity index is 2.64. The van der Waals surface area contributed by atoms with Crippen LogP contribution >= 0.6 is 0 Å². The zero-order valence-electron chi connectivity index (χ0n) is 11.3. The minimum atomic E-state index is -0.346. The molecule has 0 aromatic heterocycles. The second-order valence-corrected chi connectivity index (χ2v) is 4.08.